The molecule has 0 aliphatic carbocycles. The zero-order chi connectivity index (χ0) is 13.4. The molecule has 0 bridgehead atoms. The van der Waals surface area contributed by atoms with Gasteiger partial charge in [0.1, 0.15) is 5.39 Å². The third-order valence-electron chi connectivity index (χ3n) is 3.00. The molecular formula is C13H11ClN4O. The molecule has 0 fully saturated rings. The molecule has 3 aromatic rings. The Balaban J connectivity index is 2.14. The molecule has 96 valence electrons. The van der Waals surface area contributed by atoms with Crippen LogP contribution in [-0.2, 0) is 13.6 Å². The van der Waals surface area contributed by atoms with E-state index < -0.39 is 0 Å². The van der Waals surface area contributed by atoms with E-state index in [1.807, 2.05) is 30.3 Å². The first kappa shape index (κ1) is 11.9. The van der Waals surface area contributed by atoms with E-state index >= 15 is 0 Å². The smallest absolute Gasteiger partial charge is 0.265 e. The summed E-state index contributed by atoms with van der Waals surface area (Å²) in [5.41, 5.74) is 1.41. The van der Waals surface area contributed by atoms with E-state index in [9.17, 15) is 4.79 Å². The molecular weight excluding hydrogens is 264 g/mol. The highest BCUT2D eigenvalue weighted by Crippen LogP contribution is 2.12. The average Bonchev–Trinajstić information content (AvgIpc) is 2.81. The molecule has 0 radical (unpaired) electrons. The van der Waals surface area contributed by atoms with E-state index in [2.05, 4.69) is 10.1 Å². The van der Waals surface area contributed by atoms with Gasteiger partial charge in [-0.1, -0.05) is 30.3 Å². The summed E-state index contributed by atoms with van der Waals surface area (Å²) in [5, 5.41) is 4.85. The topological polar surface area (TPSA) is 52.7 Å². The van der Waals surface area contributed by atoms with Crippen molar-refractivity contribution in [3.8, 4) is 0 Å². The highest BCUT2D eigenvalue weighted by atomic mass is 35.5. The molecule has 1 aromatic carbocycles. The van der Waals surface area contributed by atoms with Crippen molar-refractivity contribution in [2.24, 2.45) is 7.05 Å². The van der Waals surface area contributed by atoms with Crippen LogP contribution in [-0.4, -0.2) is 19.3 Å². The van der Waals surface area contributed by atoms with Crippen LogP contribution in [0.1, 0.15) is 5.56 Å². The Morgan fingerprint density at radius 3 is 2.74 bits per heavy atom. The molecule has 0 amide bonds. The maximum Gasteiger partial charge on any atom is 0.265 e. The first-order valence-electron chi connectivity index (χ1n) is 5.79. The quantitative estimate of drug-likeness (QED) is 0.670. The normalized spacial score (nSPS) is 11.1. The number of hydrogen-bond donors (Lipinski definition) is 0. The van der Waals surface area contributed by atoms with Crippen molar-refractivity contribution in [2.75, 3.05) is 0 Å². The van der Waals surface area contributed by atoms with Gasteiger partial charge in [-0.2, -0.15) is 10.1 Å². The molecule has 0 saturated carbocycles. The fourth-order valence-electron chi connectivity index (χ4n) is 1.95. The highest BCUT2D eigenvalue weighted by molar-refractivity contribution is 6.28. The van der Waals surface area contributed by atoms with Crippen molar-refractivity contribution in [2.45, 2.75) is 6.54 Å². The summed E-state index contributed by atoms with van der Waals surface area (Å²) >= 11 is 5.94. The lowest BCUT2D eigenvalue weighted by molar-refractivity contribution is 0.701. The van der Waals surface area contributed by atoms with Crippen LogP contribution < -0.4 is 5.56 Å². The fourth-order valence-corrected chi connectivity index (χ4v) is 2.10. The van der Waals surface area contributed by atoms with Gasteiger partial charge in [0.15, 0.2) is 5.65 Å². The van der Waals surface area contributed by atoms with Crippen molar-refractivity contribution < 1.29 is 0 Å². The number of benzene rings is 1. The first-order chi connectivity index (χ1) is 9.16. The van der Waals surface area contributed by atoms with Crippen LogP contribution in [0.4, 0.5) is 0 Å². The van der Waals surface area contributed by atoms with Crippen LogP contribution in [0.15, 0.2) is 41.3 Å². The van der Waals surface area contributed by atoms with E-state index in [0.717, 1.165) is 5.56 Å². The molecule has 0 N–H and O–H groups in total. The Morgan fingerprint density at radius 1 is 1.26 bits per heavy atom. The third kappa shape index (κ3) is 2.02. The lowest BCUT2D eigenvalue weighted by atomic mass is 10.2. The van der Waals surface area contributed by atoms with Gasteiger partial charge in [0.25, 0.3) is 5.56 Å². The largest absolute Gasteiger partial charge is 0.286 e. The zero-order valence-corrected chi connectivity index (χ0v) is 11.0. The fraction of sp³-hybridized carbons (Fsp3) is 0.154. The first-order valence-corrected chi connectivity index (χ1v) is 6.16. The number of hydrogen-bond acceptors (Lipinski definition) is 3. The van der Waals surface area contributed by atoms with Crippen LogP contribution in [0.25, 0.3) is 11.0 Å². The summed E-state index contributed by atoms with van der Waals surface area (Å²) in [6.45, 7) is 0.556. The second-order valence-electron chi connectivity index (χ2n) is 4.27. The van der Waals surface area contributed by atoms with Gasteiger partial charge in [-0.05, 0) is 17.2 Å². The van der Waals surface area contributed by atoms with E-state index in [1.54, 1.807) is 11.7 Å². The minimum absolute atomic E-state index is 0.160. The molecule has 0 aliphatic heterocycles. The van der Waals surface area contributed by atoms with Gasteiger partial charge in [0.2, 0.25) is 5.28 Å². The molecule has 0 atom stereocenters. The molecule has 0 unspecified atom stereocenters. The van der Waals surface area contributed by atoms with Crippen molar-refractivity contribution in [1.29, 1.82) is 0 Å². The van der Waals surface area contributed by atoms with Crippen LogP contribution in [0.3, 0.4) is 0 Å². The molecule has 19 heavy (non-hydrogen) atoms. The van der Waals surface area contributed by atoms with E-state index in [4.69, 9.17) is 11.6 Å². The Kier molecular flexibility index (Phi) is 2.83. The van der Waals surface area contributed by atoms with Gasteiger partial charge in [-0.25, -0.2) is 4.68 Å². The SMILES string of the molecule is Cn1c(Cl)nc2c(cnn2Cc2ccccc2)c1=O. The molecule has 2 aromatic heterocycles. The Labute approximate surface area is 114 Å². The number of halogens is 1. The lowest BCUT2D eigenvalue weighted by Crippen LogP contribution is -2.18. The maximum atomic E-state index is 12.0. The predicted octanol–water partition coefficient (Wildman–Crippen LogP) is 1.83. The summed E-state index contributed by atoms with van der Waals surface area (Å²) in [4.78, 5) is 16.2. The molecule has 0 spiro atoms. The summed E-state index contributed by atoms with van der Waals surface area (Å²) in [7, 11) is 1.59. The predicted molar refractivity (Wildman–Crippen MR) is 73.3 cm³/mol. The Morgan fingerprint density at radius 2 is 2.00 bits per heavy atom. The van der Waals surface area contributed by atoms with Crippen LogP contribution in [0, 0.1) is 0 Å². The van der Waals surface area contributed by atoms with Crippen LogP contribution in [0.5, 0.6) is 0 Å². The summed E-state index contributed by atoms with van der Waals surface area (Å²) in [6, 6.07) is 9.86. The van der Waals surface area contributed by atoms with Crippen LogP contribution >= 0.6 is 11.6 Å². The highest BCUT2D eigenvalue weighted by Gasteiger charge is 2.11. The van der Waals surface area contributed by atoms with E-state index in [1.165, 1.54) is 10.8 Å². The van der Waals surface area contributed by atoms with Gasteiger partial charge in [-0.3, -0.25) is 9.36 Å². The monoisotopic (exact) mass is 274 g/mol. The second kappa shape index (κ2) is 4.51. The molecule has 0 aliphatic rings. The zero-order valence-electron chi connectivity index (χ0n) is 10.2. The van der Waals surface area contributed by atoms with E-state index in [0.29, 0.717) is 17.6 Å². The minimum Gasteiger partial charge on any atom is -0.286 e. The van der Waals surface area contributed by atoms with Crippen molar-refractivity contribution in [3.63, 3.8) is 0 Å². The number of rotatable bonds is 2. The molecule has 3 rings (SSSR count). The summed E-state index contributed by atoms with van der Waals surface area (Å²) < 4.78 is 2.98. The number of fused-ring (bicyclic) bond motifs is 1. The molecule has 6 heteroatoms. The summed E-state index contributed by atoms with van der Waals surface area (Å²) in [5.74, 6) is 0. The molecule has 2 heterocycles. The lowest BCUT2D eigenvalue weighted by Gasteiger charge is -2.04. The number of aromatic nitrogens is 4. The minimum atomic E-state index is -0.186. The molecule has 5 nitrogen and oxygen atoms in total. The molecule has 0 saturated heterocycles. The van der Waals surface area contributed by atoms with Crippen molar-refractivity contribution in [1.82, 2.24) is 19.3 Å². The van der Waals surface area contributed by atoms with E-state index in [-0.39, 0.29) is 10.8 Å². The van der Waals surface area contributed by atoms with Crippen molar-refractivity contribution >= 4 is 22.6 Å². The van der Waals surface area contributed by atoms with Gasteiger partial charge >= 0.3 is 0 Å². The van der Waals surface area contributed by atoms with Crippen molar-refractivity contribution in [3.05, 3.63) is 57.7 Å². The van der Waals surface area contributed by atoms with Crippen LogP contribution in [0.2, 0.25) is 5.28 Å². The summed E-state index contributed by atoms with van der Waals surface area (Å²) in [6.07, 6.45) is 1.53. The van der Waals surface area contributed by atoms with Gasteiger partial charge in [0, 0.05) is 7.05 Å². The van der Waals surface area contributed by atoms with Gasteiger partial charge in [0.05, 0.1) is 12.7 Å². The third-order valence-corrected chi connectivity index (χ3v) is 3.33. The van der Waals surface area contributed by atoms with Gasteiger partial charge < -0.3 is 0 Å². The Bertz CT molecular complexity index is 792. The average molecular weight is 275 g/mol. The van der Waals surface area contributed by atoms with Gasteiger partial charge in [-0.15, -0.1) is 0 Å². The maximum absolute atomic E-state index is 12.0. The standard InChI is InChI=1S/C13H11ClN4O/c1-17-12(19)10-7-15-18(11(10)16-13(17)14)8-9-5-3-2-4-6-9/h2-7H,8H2,1H3. The second-order valence-corrected chi connectivity index (χ2v) is 4.61. The Hall–Kier alpha value is -2.14. The number of nitrogens with zero attached hydrogens (tertiary/aromatic N) is 4.